The van der Waals surface area contributed by atoms with E-state index in [-0.39, 0.29) is 18.4 Å². The van der Waals surface area contributed by atoms with Crippen molar-refractivity contribution in [2.45, 2.75) is 23.8 Å². The van der Waals surface area contributed by atoms with Gasteiger partial charge in [0.05, 0.1) is 4.90 Å². The predicted molar refractivity (Wildman–Crippen MR) is 94.9 cm³/mol. The van der Waals surface area contributed by atoms with Gasteiger partial charge in [0.15, 0.2) is 0 Å². The normalized spacial score (nSPS) is 19.8. The number of hydrogen-bond donors (Lipinski definition) is 1. The number of nitrogens with two attached hydrogens (primary N) is 1. The molecule has 0 aliphatic carbocycles. The summed E-state index contributed by atoms with van der Waals surface area (Å²) in [6.07, 6.45) is 1.71. The van der Waals surface area contributed by atoms with Crippen LogP contribution in [0.1, 0.15) is 12.8 Å². The van der Waals surface area contributed by atoms with Crippen LogP contribution in [0.3, 0.4) is 0 Å². The Morgan fingerprint density at radius 2 is 1.82 bits per heavy atom. The first-order valence-electron chi connectivity index (χ1n) is 6.92. The van der Waals surface area contributed by atoms with Crippen molar-refractivity contribution in [2.24, 2.45) is 5.73 Å². The van der Waals surface area contributed by atoms with Crippen LogP contribution in [-0.2, 0) is 10.0 Å². The molecule has 4 nitrogen and oxygen atoms in total. The van der Waals surface area contributed by atoms with E-state index < -0.39 is 10.0 Å². The number of benzene rings is 2. The first-order valence-corrected chi connectivity index (χ1v) is 9.15. The van der Waals surface area contributed by atoms with Gasteiger partial charge in [-0.2, -0.15) is 4.31 Å². The molecule has 1 saturated heterocycles. The zero-order chi connectivity index (χ0) is 15.0. The molecule has 0 saturated carbocycles. The van der Waals surface area contributed by atoms with E-state index in [9.17, 15) is 8.42 Å². The summed E-state index contributed by atoms with van der Waals surface area (Å²) >= 11 is 3.42. The Bertz CT molecular complexity index is 782. The summed E-state index contributed by atoms with van der Waals surface area (Å²) in [7, 11) is -3.45. The van der Waals surface area contributed by atoms with E-state index in [2.05, 4.69) is 15.9 Å². The second kappa shape index (κ2) is 6.84. The maximum Gasteiger partial charge on any atom is 0.243 e. The Morgan fingerprint density at radius 1 is 1.14 bits per heavy atom. The highest BCUT2D eigenvalue weighted by Gasteiger charge is 2.28. The molecule has 0 bridgehead atoms. The van der Waals surface area contributed by atoms with E-state index in [0.29, 0.717) is 18.0 Å². The Kier molecular flexibility index (Phi) is 5.50. The van der Waals surface area contributed by atoms with Crippen LogP contribution in [0, 0.1) is 0 Å². The van der Waals surface area contributed by atoms with E-state index in [0.717, 1.165) is 28.1 Å². The van der Waals surface area contributed by atoms with Crippen molar-refractivity contribution in [2.75, 3.05) is 13.1 Å². The molecule has 7 heteroatoms. The van der Waals surface area contributed by atoms with Crippen molar-refractivity contribution in [3.05, 3.63) is 40.9 Å². The van der Waals surface area contributed by atoms with Gasteiger partial charge >= 0.3 is 0 Å². The van der Waals surface area contributed by atoms with Gasteiger partial charge in [0, 0.05) is 23.6 Å². The van der Waals surface area contributed by atoms with Crippen LogP contribution in [0.5, 0.6) is 0 Å². The molecule has 1 fully saturated rings. The lowest BCUT2D eigenvalue weighted by Gasteiger charge is -2.29. The molecular weight excluding hydrogens is 388 g/mol. The fourth-order valence-electron chi connectivity index (χ4n) is 2.70. The van der Waals surface area contributed by atoms with E-state index in [4.69, 9.17) is 5.73 Å². The highest BCUT2D eigenvalue weighted by molar-refractivity contribution is 9.10. The largest absolute Gasteiger partial charge is 0.327 e. The lowest BCUT2D eigenvalue weighted by molar-refractivity contribution is 0.316. The summed E-state index contributed by atoms with van der Waals surface area (Å²) in [6, 6.07) is 11.0. The second-order valence-corrected chi connectivity index (χ2v) is 8.27. The van der Waals surface area contributed by atoms with Gasteiger partial charge in [0.25, 0.3) is 0 Å². The van der Waals surface area contributed by atoms with E-state index in [1.165, 1.54) is 4.31 Å². The molecule has 1 aliphatic heterocycles. The molecule has 0 radical (unpaired) electrons. The number of piperidine rings is 1. The third-order valence-electron chi connectivity index (χ3n) is 3.83. The van der Waals surface area contributed by atoms with Crippen LogP contribution in [0.2, 0.25) is 0 Å². The summed E-state index contributed by atoms with van der Waals surface area (Å²) in [5.74, 6) is 0. The summed E-state index contributed by atoms with van der Waals surface area (Å²) in [4.78, 5) is 0.339. The molecule has 2 aromatic carbocycles. The zero-order valence-corrected chi connectivity index (χ0v) is 15.1. The molecule has 1 unspecified atom stereocenters. The number of rotatable bonds is 2. The molecule has 0 aromatic heterocycles. The van der Waals surface area contributed by atoms with Gasteiger partial charge < -0.3 is 5.73 Å². The molecule has 1 atom stereocenters. The van der Waals surface area contributed by atoms with Gasteiger partial charge in [-0.1, -0.05) is 28.1 Å². The van der Waals surface area contributed by atoms with Crippen molar-refractivity contribution in [3.8, 4) is 0 Å². The number of sulfonamides is 1. The van der Waals surface area contributed by atoms with Crippen LogP contribution in [0.25, 0.3) is 10.8 Å². The van der Waals surface area contributed by atoms with Crippen LogP contribution in [-0.4, -0.2) is 31.9 Å². The van der Waals surface area contributed by atoms with Gasteiger partial charge in [0.1, 0.15) is 0 Å². The molecule has 3 rings (SSSR count). The predicted octanol–water partition coefficient (Wildman–Crippen LogP) is 3.14. The molecule has 1 aliphatic rings. The fourth-order valence-corrected chi connectivity index (χ4v) is 4.65. The molecule has 0 spiro atoms. The molecule has 0 amide bonds. The first-order chi connectivity index (χ1) is 9.96. The van der Waals surface area contributed by atoms with Crippen molar-refractivity contribution in [3.63, 3.8) is 0 Å². The van der Waals surface area contributed by atoms with Crippen molar-refractivity contribution in [1.82, 2.24) is 4.31 Å². The average Bonchev–Trinajstić information content (AvgIpc) is 2.46. The standard InChI is InChI=1S/C15H17BrN2O2S.ClH/c16-13-5-3-12-9-15(6-4-11(12)8-13)21(19,20)18-7-1-2-14(17)10-18;/h3-6,8-9,14H,1-2,7,10,17H2;1H. The minimum Gasteiger partial charge on any atom is -0.327 e. The Hall–Kier alpha value is -0.660. The molecule has 120 valence electrons. The molecule has 22 heavy (non-hydrogen) atoms. The van der Waals surface area contributed by atoms with Gasteiger partial charge in [-0.3, -0.25) is 0 Å². The molecule has 2 N–H and O–H groups in total. The minimum atomic E-state index is -3.45. The van der Waals surface area contributed by atoms with Crippen molar-refractivity contribution in [1.29, 1.82) is 0 Å². The van der Waals surface area contributed by atoms with Crippen LogP contribution in [0.4, 0.5) is 0 Å². The number of nitrogens with zero attached hydrogens (tertiary/aromatic N) is 1. The fraction of sp³-hybridized carbons (Fsp3) is 0.333. The lowest BCUT2D eigenvalue weighted by atomic mass is 10.1. The second-order valence-electron chi connectivity index (χ2n) is 5.42. The smallest absolute Gasteiger partial charge is 0.243 e. The number of hydrogen-bond acceptors (Lipinski definition) is 3. The maximum absolute atomic E-state index is 12.7. The Balaban J connectivity index is 0.00000176. The summed E-state index contributed by atoms with van der Waals surface area (Å²) in [5, 5.41) is 1.93. The highest BCUT2D eigenvalue weighted by atomic mass is 79.9. The first kappa shape index (κ1) is 17.7. The summed E-state index contributed by atoms with van der Waals surface area (Å²) in [6.45, 7) is 0.953. The number of fused-ring (bicyclic) bond motifs is 1. The Morgan fingerprint density at radius 3 is 2.55 bits per heavy atom. The van der Waals surface area contributed by atoms with E-state index >= 15 is 0 Å². The van der Waals surface area contributed by atoms with E-state index in [1.54, 1.807) is 12.1 Å². The van der Waals surface area contributed by atoms with Gasteiger partial charge in [0.2, 0.25) is 10.0 Å². The topological polar surface area (TPSA) is 63.4 Å². The quantitative estimate of drug-likeness (QED) is 0.835. The van der Waals surface area contributed by atoms with Crippen molar-refractivity contribution < 1.29 is 8.42 Å². The maximum atomic E-state index is 12.7. The van der Waals surface area contributed by atoms with Gasteiger partial charge in [-0.25, -0.2) is 8.42 Å². The van der Waals surface area contributed by atoms with E-state index in [1.807, 2.05) is 24.3 Å². The minimum absolute atomic E-state index is 0. The summed E-state index contributed by atoms with van der Waals surface area (Å²) < 4.78 is 27.9. The monoisotopic (exact) mass is 404 g/mol. The third-order valence-corrected chi connectivity index (χ3v) is 6.19. The molecule has 2 aromatic rings. The zero-order valence-electron chi connectivity index (χ0n) is 11.9. The molecular formula is C15H18BrClN2O2S. The molecule has 1 heterocycles. The van der Waals surface area contributed by atoms with Crippen molar-refractivity contribution >= 4 is 49.1 Å². The Labute approximate surface area is 145 Å². The van der Waals surface area contributed by atoms with Gasteiger partial charge in [-0.05, 0) is 47.9 Å². The van der Waals surface area contributed by atoms with Gasteiger partial charge in [-0.15, -0.1) is 12.4 Å². The lowest BCUT2D eigenvalue weighted by Crippen LogP contribution is -2.45. The van der Waals surface area contributed by atoms with Crippen LogP contribution < -0.4 is 5.73 Å². The van der Waals surface area contributed by atoms with Crippen LogP contribution >= 0.6 is 28.3 Å². The number of halogens is 2. The SMILES string of the molecule is Cl.NC1CCCN(S(=O)(=O)c2ccc3cc(Br)ccc3c2)C1. The average molecular weight is 406 g/mol. The van der Waals surface area contributed by atoms with Crippen LogP contribution in [0.15, 0.2) is 45.8 Å². The third kappa shape index (κ3) is 3.46. The summed E-state index contributed by atoms with van der Waals surface area (Å²) in [5.41, 5.74) is 5.90. The highest BCUT2D eigenvalue weighted by Crippen LogP contribution is 2.26.